The summed E-state index contributed by atoms with van der Waals surface area (Å²) in [5.41, 5.74) is 0. The first-order valence-corrected chi connectivity index (χ1v) is 23.1. The molecule has 54 heavy (non-hydrogen) atoms. The van der Waals surface area contributed by atoms with Crippen LogP contribution in [0.15, 0.2) is 48.6 Å². The lowest BCUT2D eigenvalue weighted by atomic mass is 10.0. The molecule has 9 nitrogen and oxygen atoms in total. The lowest BCUT2D eigenvalue weighted by molar-refractivity contribution is -0.147. The fraction of sp³-hybridized carbons (Fsp3) is 0.773. The molecular weight excluding hydrogens is 701 g/mol. The second-order valence-electron chi connectivity index (χ2n) is 14.3. The predicted octanol–water partition coefficient (Wildman–Crippen LogP) is 11.9. The molecule has 2 atom stereocenters. The van der Waals surface area contributed by atoms with E-state index in [4.69, 9.17) is 13.8 Å². The lowest BCUT2D eigenvalue weighted by Gasteiger charge is -2.15. The largest absolute Gasteiger partial charge is 0.472 e. The van der Waals surface area contributed by atoms with Gasteiger partial charge < -0.3 is 20.1 Å². The van der Waals surface area contributed by atoms with E-state index in [2.05, 4.69) is 67.8 Å². The molecule has 0 aliphatic heterocycles. The molecule has 0 aliphatic rings. The summed E-state index contributed by atoms with van der Waals surface area (Å²) in [6.07, 6.45) is 46.1. The first-order valence-electron chi connectivity index (χ1n) is 21.6. The maximum absolute atomic E-state index is 12.1. The van der Waals surface area contributed by atoms with E-state index in [0.717, 1.165) is 64.2 Å². The SMILES string of the molecule is CCCCC/C=C\C/C=C\C/C=C\C/C=C\CCCCCC(=O)NCCOP(=O)(O)OCC(O)COC(=O)CCCCCCCCCCCCCCCC. The van der Waals surface area contributed by atoms with Crippen molar-refractivity contribution in [3.8, 4) is 0 Å². The standard InChI is InChI=1S/C44H80NO8P/c1-3-5-7-9-11-13-15-17-19-20-21-22-23-24-26-28-30-32-34-36-43(47)45-38-39-52-54(49,50)53-41-42(46)40-51-44(48)37-35-33-31-29-27-25-18-16-14-12-10-8-6-4-2/h11,13,17,19,21-22,24,26,42,46H,3-10,12,14-16,18,20,23,25,27-41H2,1-2H3,(H,45,47)(H,49,50)/b13-11-,19-17-,22-21-,26-24-. The number of phosphoric ester groups is 1. The fourth-order valence-electron chi connectivity index (χ4n) is 5.72. The zero-order chi connectivity index (χ0) is 39.6. The lowest BCUT2D eigenvalue weighted by Crippen LogP contribution is -2.27. The average molecular weight is 782 g/mol. The Bertz CT molecular complexity index is 1030. The molecule has 0 aromatic heterocycles. The number of allylic oxidation sites excluding steroid dienone is 8. The summed E-state index contributed by atoms with van der Waals surface area (Å²) in [5, 5.41) is 12.7. The Labute approximate surface area is 330 Å². The van der Waals surface area contributed by atoms with Crippen molar-refractivity contribution in [3.63, 3.8) is 0 Å². The van der Waals surface area contributed by atoms with Crippen LogP contribution in [0.5, 0.6) is 0 Å². The van der Waals surface area contributed by atoms with Crippen LogP contribution in [0.4, 0.5) is 0 Å². The van der Waals surface area contributed by atoms with Crippen molar-refractivity contribution in [1.29, 1.82) is 0 Å². The van der Waals surface area contributed by atoms with Gasteiger partial charge in [-0.1, -0.05) is 165 Å². The van der Waals surface area contributed by atoms with Gasteiger partial charge in [0.1, 0.15) is 12.7 Å². The molecule has 0 aromatic rings. The van der Waals surface area contributed by atoms with Crippen LogP contribution in [0.3, 0.4) is 0 Å². The van der Waals surface area contributed by atoms with E-state index in [-0.39, 0.29) is 32.1 Å². The van der Waals surface area contributed by atoms with Gasteiger partial charge >= 0.3 is 13.8 Å². The summed E-state index contributed by atoms with van der Waals surface area (Å²) < 4.78 is 26.8. The molecule has 0 saturated carbocycles. The minimum atomic E-state index is -4.42. The van der Waals surface area contributed by atoms with Crippen molar-refractivity contribution in [2.45, 2.75) is 193 Å². The normalized spacial score (nSPS) is 13.8. The number of aliphatic hydroxyl groups is 1. The van der Waals surface area contributed by atoms with Gasteiger partial charge in [-0.25, -0.2) is 4.57 Å². The Hall–Kier alpha value is -2.03. The van der Waals surface area contributed by atoms with Gasteiger partial charge in [-0.3, -0.25) is 18.6 Å². The van der Waals surface area contributed by atoms with Crippen molar-refractivity contribution < 1.29 is 37.9 Å². The van der Waals surface area contributed by atoms with Crippen molar-refractivity contribution in [2.75, 3.05) is 26.4 Å². The highest BCUT2D eigenvalue weighted by molar-refractivity contribution is 7.47. The number of carbonyl (C=O) groups is 2. The summed E-state index contributed by atoms with van der Waals surface area (Å²) in [4.78, 5) is 33.9. The molecule has 0 aliphatic carbocycles. The Morgan fingerprint density at radius 3 is 1.54 bits per heavy atom. The van der Waals surface area contributed by atoms with E-state index in [1.807, 2.05) is 0 Å². The zero-order valence-electron chi connectivity index (χ0n) is 34.4. The molecule has 314 valence electrons. The fourth-order valence-corrected chi connectivity index (χ4v) is 6.47. The van der Waals surface area contributed by atoms with Gasteiger partial charge in [-0.05, 0) is 57.8 Å². The number of nitrogens with one attached hydrogen (secondary N) is 1. The maximum atomic E-state index is 12.1. The highest BCUT2D eigenvalue weighted by Crippen LogP contribution is 2.42. The predicted molar refractivity (Wildman–Crippen MR) is 224 cm³/mol. The molecule has 0 bridgehead atoms. The van der Waals surface area contributed by atoms with Crippen LogP contribution >= 0.6 is 7.82 Å². The first-order chi connectivity index (χ1) is 26.3. The van der Waals surface area contributed by atoms with E-state index < -0.39 is 26.5 Å². The van der Waals surface area contributed by atoms with Crippen LogP contribution in [0, 0.1) is 0 Å². The number of phosphoric acid groups is 1. The van der Waals surface area contributed by atoms with Crippen LogP contribution in [0.25, 0.3) is 0 Å². The molecule has 0 spiro atoms. The summed E-state index contributed by atoms with van der Waals surface area (Å²) in [7, 11) is -4.42. The van der Waals surface area contributed by atoms with Crippen LogP contribution in [0.1, 0.15) is 187 Å². The number of amides is 1. The Morgan fingerprint density at radius 1 is 0.574 bits per heavy atom. The Kier molecular flexibility index (Phi) is 39.1. The smallest absolute Gasteiger partial charge is 0.463 e. The van der Waals surface area contributed by atoms with Gasteiger partial charge in [0.05, 0.1) is 13.2 Å². The molecule has 10 heteroatoms. The number of rotatable bonds is 40. The quantitative estimate of drug-likeness (QED) is 0.0242. The van der Waals surface area contributed by atoms with Crippen molar-refractivity contribution >= 4 is 19.7 Å². The summed E-state index contributed by atoms with van der Waals surface area (Å²) in [6.45, 7) is 3.49. The third kappa shape index (κ3) is 41.1. The number of carbonyl (C=O) groups excluding carboxylic acids is 2. The second kappa shape index (κ2) is 40.6. The summed E-state index contributed by atoms with van der Waals surface area (Å²) >= 11 is 0. The zero-order valence-corrected chi connectivity index (χ0v) is 35.3. The van der Waals surface area contributed by atoms with Crippen LogP contribution in [-0.2, 0) is 27.9 Å². The molecule has 0 aromatic carbocycles. The minimum absolute atomic E-state index is 0.0639. The van der Waals surface area contributed by atoms with E-state index in [9.17, 15) is 24.2 Å². The van der Waals surface area contributed by atoms with Gasteiger partial charge in [-0.15, -0.1) is 0 Å². The second-order valence-corrected chi connectivity index (χ2v) is 15.8. The van der Waals surface area contributed by atoms with Crippen molar-refractivity contribution in [1.82, 2.24) is 5.32 Å². The monoisotopic (exact) mass is 782 g/mol. The topological polar surface area (TPSA) is 131 Å². The van der Waals surface area contributed by atoms with Gasteiger partial charge in [0, 0.05) is 19.4 Å². The molecule has 0 radical (unpaired) electrons. The number of ether oxygens (including phenoxy) is 1. The number of hydrogen-bond donors (Lipinski definition) is 3. The van der Waals surface area contributed by atoms with Crippen molar-refractivity contribution in [2.24, 2.45) is 0 Å². The number of esters is 1. The highest BCUT2D eigenvalue weighted by Gasteiger charge is 2.23. The van der Waals surface area contributed by atoms with E-state index in [1.165, 1.54) is 96.3 Å². The molecular formula is C44H80NO8P. The highest BCUT2D eigenvalue weighted by atomic mass is 31.2. The number of unbranched alkanes of at least 4 members (excludes halogenated alkanes) is 19. The van der Waals surface area contributed by atoms with Gasteiger partial charge in [0.15, 0.2) is 0 Å². The third-order valence-corrected chi connectivity index (χ3v) is 10.00. The maximum Gasteiger partial charge on any atom is 0.472 e. The Balaban J connectivity index is 3.66. The first kappa shape index (κ1) is 52.0. The van der Waals surface area contributed by atoms with Gasteiger partial charge in [0.25, 0.3) is 0 Å². The number of hydrogen-bond acceptors (Lipinski definition) is 7. The molecule has 0 rings (SSSR count). The van der Waals surface area contributed by atoms with Gasteiger partial charge in [-0.2, -0.15) is 0 Å². The molecule has 0 saturated heterocycles. The average Bonchev–Trinajstić information content (AvgIpc) is 3.16. The summed E-state index contributed by atoms with van der Waals surface area (Å²) in [6, 6.07) is 0. The molecule has 0 heterocycles. The third-order valence-electron chi connectivity index (χ3n) is 9.01. The molecule has 1 amide bonds. The minimum Gasteiger partial charge on any atom is -0.463 e. The number of aliphatic hydroxyl groups excluding tert-OH is 1. The van der Waals surface area contributed by atoms with Gasteiger partial charge in [0.2, 0.25) is 5.91 Å². The van der Waals surface area contributed by atoms with E-state index in [1.54, 1.807) is 0 Å². The van der Waals surface area contributed by atoms with Crippen molar-refractivity contribution in [3.05, 3.63) is 48.6 Å². The van der Waals surface area contributed by atoms with Crippen LogP contribution in [-0.4, -0.2) is 54.3 Å². The van der Waals surface area contributed by atoms with Crippen LogP contribution in [0.2, 0.25) is 0 Å². The summed E-state index contributed by atoms with van der Waals surface area (Å²) in [5.74, 6) is -0.546. The molecule has 3 N–H and O–H groups in total. The Morgan fingerprint density at radius 2 is 1.00 bits per heavy atom. The van der Waals surface area contributed by atoms with E-state index >= 15 is 0 Å². The molecule has 0 fully saturated rings. The van der Waals surface area contributed by atoms with E-state index in [0.29, 0.717) is 6.42 Å². The van der Waals surface area contributed by atoms with Crippen LogP contribution < -0.4 is 5.32 Å². The molecule has 2 unspecified atom stereocenters.